The van der Waals surface area contributed by atoms with E-state index in [1.54, 1.807) is 17.6 Å². The lowest BCUT2D eigenvalue weighted by molar-refractivity contribution is -0.118. The molecule has 7 heteroatoms. The van der Waals surface area contributed by atoms with E-state index in [9.17, 15) is 4.79 Å². The number of carbonyl (C=O) groups is 1. The Hall–Kier alpha value is -2.12. The van der Waals surface area contributed by atoms with Gasteiger partial charge >= 0.3 is 0 Å². The third kappa shape index (κ3) is 3.55. The van der Waals surface area contributed by atoms with Gasteiger partial charge in [0.25, 0.3) is 5.91 Å². The van der Waals surface area contributed by atoms with Crippen LogP contribution in [-0.2, 0) is 11.8 Å². The maximum absolute atomic E-state index is 11.8. The summed E-state index contributed by atoms with van der Waals surface area (Å²) in [6, 6.07) is 11.8. The highest BCUT2D eigenvalue weighted by Gasteiger charge is 2.06. The summed E-state index contributed by atoms with van der Waals surface area (Å²) >= 11 is 3.01. The summed E-state index contributed by atoms with van der Waals surface area (Å²) in [6.45, 7) is 0. The molecule has 1 aromatic carbocycles. The molecule has 5 nitrogen and oxygen atoms in total. The summed E-state index contributed by atoms with van der Waals surface area (Å²) in [4.78, 5) is 16.2. The number of carbonyl (C=O) groups excluding carboxylic acids is 1. The van der Waals surface area contributed by atoms with Crippen LogP contribution in [0, 0.1) is 0 Å². The van der Waals surface area contributed by atoms with Crippen LogP contribution in [0.5, 0.6) is 0 Å². The van der Waals surface area contributed by atoms with Crippen LogP contribution in [0.3, 0.4) is 0 Å². The monoisotopic (exact) mass is 330 g/mol. The van der Waals surface area contributed by atoms with E-state index in [2.05, 4.69) is 15.5 Å². The molecule has 0 radical (unpaired) electrons. The van der Waals surface area contributed by atoms with Gasteiger partial charge in [-0.15, -0.1) is 11.3 Å². The van der Waals surface area contributed by atoms with E-state index in [0.717, 1.165) is 20.3 Å². The maximum Gasteiger partial charge on any atom is 0.250 e. The van der Waals surface area contributed by atoms with E-state index in [1.165, 1.54) is 11.8 Å². The molecule has 0 atom stereocenters. The van der Waals surface area contributed by atoms with Gasteiger partial charge in [0, 0.05) is 13.2 Å². The number of thioether (sulfide) groups is 1. The Bertz CT molecular complexity index is 789. The number of thiazole rings is 1. The van der Waals surface area contributed by atoms with Gasteiger partial charge in [-0.1, -0.05) is 23.9 Å². The molecule has 3 aromatic rings. The number of aryl methyl sites for hydroxylation is 1. The van der Waals surface area contributed by atoms with E-state index < -0.39 is 0 Å². The van der Waals surface area contributed by atoms with Gasteiger partial charge in [0.15, 0.2) is 4.34 Å². The molecule has 0 fully saturated rings. The molecular weight excluding hydrogens is 316 g/mol. The quantitative estimate of drug-likeness (QED) is 0.444. The first-order valence-corrected chi connectivity index (χ1v) is 8.44. The predicted octanol–water partition coefficient (Wildman–Crippen LogP) is 2.88. The van der Waals surface area contributed by atoms with E-state index in [1.807, 2.05) is 54.2 Å². The van der Waals surface area contributed by atoms with Crippen LogP contribution in [0.25, 0.3) is 10.2 Å². The fourth-order valence-electron chi connectivity index (χ4n) is 1.85. The number of fused-ring (bicyclic) bond motifs is 1. The first kappa shape index (κ1) is 14.8. The van der Waals surface area contributed by atoms with Crippen molar-refractivity contribution in [1.82, 2.24) is 15.0 Å². The molecule has 0 unspecified atom stereocenters. The van der Waals surface area contributed by atoms with Crippen molar-refractivity contribution < 1.29 is 4.79 Å². The SMILES string of the molecule is Cn1cccc1/C=N/NC(=O)CSc1nc2ccccc2s1. The molecule has 0 aliphatic rings. The lowest BCUT2D eigenvalue weighted by atomic mass is 10.3. The highest BCUT2D eigenvalue weighted by molar-refractivity contribution is 8.01. The molecule has 3 rings (SSSR count). The summed E-state index contributed by atoms with van der Waals surface area (Å²) in [5.41, 5.74) is 4.42. The van der Waals surface area contributed by atoms with Crippen molar-refractivity contribution in [2.24, 2.45) is 12.1 Å². The second-order valence-electron chi connectivity index (χ2n) is 4.57. The van der Waals surface area contributed by atoms with Gasteiger partial charge in [-0.2, -0.15) is 5.10 Å². The van der Waals surface area contributed by atoms with Gasteiger partial charge in [-0.3, -0.25) is 4.79 Å². The number of hydrogen-bond donors (Lipinski definition) is 1. The standard InChI is InChI=1S/C15H14N4OS2/c1-19-8-4-5-11(19)9-16-18-14(20)10-21-15-17-12-6-2-3-7-13(12)22-15/h2-9H,10H2,1H3,(H,18,20)/b16-9+. The Balaban J connectivity index is 1.52. The first-order chi connectivity index (χ1) is 10.7. The maximum atomic E-state index is 11.8. The van der Waals surface area contributed by atoms with Crippen LogP contribution in [0.2, 0.25) is 0 Å². The lowest BCUT2D eigenvalue weighted by Crippen LogP contribution is -2.19. The summed E-state index contributed by atoms with van der Waals surface area (Å²) in [5, 5.41) is 3.95. The Morgan fingerprint density at radius 1 is 1.41 bits per heavy atom. The van der Waals surface area contributed by atoms with Gasteiger partial charge < -0.3 is 4.57 Å². The number of para-hydroxylation sites is 1. The van der Waals surface area contributed by atoms with Crippen LogP contribution in [0.15, 0.2) is 52.0 Å². The summed E-state index contributed by atoms with van der Waals surface area (Å²) in [5.74, 6) is 0.152. The normalized spacial score (nSPS) is 11.3. The van der Waals surface area contributed by atoms with Gasteiger partial charge in [-0.25, -0.2) is 10.4 Å². The van der Waals surface area contributed by atoms with Crippen LogP contribution in [-0.4, -0.2) is 27.4 Å². The molecule has 22 heavy (non-hydrogen) atoms. The number of aromatic nitrogens is 2. The Morgan fingerprint density at radius 3 is 3.05 bits per heavy atom. The van der Waals surface area contributed by atoms with Gasteiger partial charge in [0.05, 0.1) is 27.9 Å². The summed E-state index contributed by atoms with van der Waals surface area (Å²) in [7, 11) is 1.92. The van der Waals surface area contributed by atoms with Crippen molar-refractivity contribution in [2.75, 3.05) is 5.75 Å². The molecule has 0 saturated heterocycles. The minimum absolute atomic E-state index is 0.144. The number of hydrogen-bond acceptors (Lipinski definition) is 5. The molecule has 2 aromatic heterocycles. The number of rotatable bonds is 5. The van der Waals surface area contributed by atoms with Crippen molar-refractivity contribution in [3.8, 4) is 0 Å². The molecule has 0 aliphatic heterocycles. The molecule has 2 heterocycles. The largest absolute Gasteiger partial charge is 0.350 e. The average Bonchev–Trinajstić information content (AvgIpc) is 3.11. The topological polar surface area (TPSA) is 59.3 Å². The molecule has 0 aliphatic carbocycles. The zero-order valence-electron chi connectivity index (χ0n) is 11.9. The minimum Gasteiger partial charge on any atom is -0.350 e. The fourth-order valence-corrected chi connectivity index (χ4v) is 3.71. The van der Waals surface area contributed by atoms with Crippen LogP contribution < -0.4 is 5.43 Å². The van der Waals surface area contributed by atoms with Gasteiger partial charge in [0.1, 0.15) is 0 Å². The van der Waals surface area contributed by atoms with E-state index >= 15 is 0 Å². The third-order valence-corrected chi connectivity index (χ3v) is 5.15. The Labute approximate surface area is 136 Å². The Morgan fingerprint density at radius 2 is 2.27 bits per heavy atom. The van der Waals surface area contributed by atoms with Crippen molar-refractivity contribution in [2.45, 2.75) is 4.34 Å². The highest BCUT2D eigenvalue weighted by atomic mass is 32.2. The molecule has 1 amide bonds. The van der Waals surface area contributed by atoms with Gasteiger partial charge in [0.2, 0.25) is 0 Å². The molecule has 0 spiro atoms. The number of nitrogens with one attached hydrogen (secondary N) is 1. The smallest absolute Gasteiger partial charge is 0.250 e. The molecule has 0 bridgehead atoms. The second-order valence-corrected chi connectivity index (χ2v) is 6.83. The van der Waals surface area contributed by atoms with E-state index in [-0.39, 0.29) is 5.91 Å². The number of nitrogens with zero attached hydrogens (tertiary/aromatic N) is 3. The number of amides is 1. The zero-order valence-corrected chi connectivity index (χ0v) is 13.5. The summed E-state index contributed by atoms with van der Waals surface area (Å²) in [6.07, 6.45) is 3.55. The van der Waals surface area contributed by atoms with Crippen molar-refractivity contribution in [1.29, 1.82) is 0 Å². The summed E-state index contributed by atoms with van der Waals surface area (Å²) < 4.78 is 3.95. The number of hydrazone groups is 1. The number of benzene rings is 1. The van der Waals surface area contributed by atoms with E-state index in [0.29, 0.717) is 5.75 Å². The molecule has 0 saturated carbocycles. The second kappa shape index (κ2) is 6.76. The van der Waals surface area contributed by atoms with Crippen molar-refractivity contribution >= 4 is 45.4 Å². The van der Waals surface area contributed by atoms with Crippen LogP contribution in [0.1, 0.15) is 5.69 Å². The van der Waals surface area contributed by atoms with E-state index in [4.69, 9.17) is 0 Å². The van der Waals surface area contributed by atoms with Crippen LogP contribution in [0.4, 0.5) is 0 Å². The third-order valence-electron chi connectivity index (χ3n) is 2.97. The van der Waals surface area contributed by atoms with Gasteiger partial charge in [-0.05, 0) is 24.3 Å². The minimum atomic E-state index is -0.144. The zero-order chi connectivity index (χ0) is 15.4. The molecule has 1 N–H and O–H groups in total. The van der Waals surface area contributed by atoms with Crippen molar-refractivity contribution in [3.63, 3.8) is 0 Å². The molecular formula is C15H14N4OS2. The lowest BCUT2D eigenvalue weighted by Gasteiger charge is -1.98. The predicted molar refractivity (Wildman–Crippen MR) is 91.5 cm³/mol. The molecule has 112 valence electrons. The van der Waals surface area contributed by atoms with Crippen molar-refractivity contribution in [3.05, 3.63) is 48.3 Å². The highest BCUT2D eigenvalue weighted by Crippen LogP contribution is 2.28. The Kier molecular flexibility index (Phi) is 4.55. The van der Waals surface area contributed by atoms with Crippen LogP contribution >= 0.6 is 23.1 Å². The average molecular weight is 330 g/mol. The fraction of sp³-hybridized carbons (Fsp3) is 0.133. The first-order valence-electron chi connectivity index (χ1n) is 6.64.